The Morgan fingerprint density at radius 1 is 1.30 bits per heavy atom. The number of nitrogens with zero attached hydrogens (tertiary/aromatic N) is 2. The van der Waals surface area contributed by atoms with Crippen molar-refractivity contribution < 1.29 is 18.5 Å². The lowest BCUT2D eigenvalue weighted by atomic mass is 10.2. The van der Waals surface area contributed by atoms with Crippen molar-refractivity contribution in [3.8, 4) is 17.4 Å². The molecule has 3 rings (SSSR count). The summed E-state index contributed by atoms with van der Waals surface area (Å²) in [6, 6.07) is 8.59. The monoisotopic (exact) mass is 313 g/mol. The van der Waals surface area contributed by atoms with Gasteiger partial charge in [0.05, 0.1) is 19.4 Å². The highest BCUT2D eigenvalue weighted by molar-refractivity contribution is 5.96. The first kappa shape index (κ1) is 14.8. The molecule has 0 atom stereocenters. The van der Waals surface area contributed by atoms with E-state index in [1.165, 1.54) is 0 Å². The van der Waals surface area contributed by atoms with E-state index in [-0.39, 0.29) is 12.5 Å². The van der Waals surface area contributed by atoms with Crippen LogP contribution in [-0.4, -0.2) is 22.7 Å². The van der Waals surface area contributed by atoms with Gasteiger partial charge in [-0.2, -0.15) is 0 Å². The summed E-state index contributed by atoms with van der Waals surface area (Å²) in [6.07, 6.45) is 3.13. The van der Waals surface area contributed by atoms with Crippen LogP contribution in [-0.2, 0) is 6.54 Å². The Morgan fingerprint density at radius 2 is 2.22 bits per heavy atom. The predicted molar refractivity (Wildman–Crippen MR) is 80.8 cm³/mol. The molecule has 3 aromatic rings. The van der Waals surface area contributed by atoms with Crippen molar-refractivity contribution in [1.82, 2.24) is 15.5 Å². The Hall–Kier alpha value is -3.09. The maximum absolute atomic E-state index is 12.2. The van der Waals surface area contributed by atoms with E-state index in [2.05, 4.69) is 15.5 Å². The van der Waals surface area contributed by atoms with Gasteiger partial charge in [0.15, 0.2) is 5.76 Å². The van der Waals surface area contributed by atoms with Crippen LogP contribution >= 0.6 is 0 Å². The number of amides is 1. The molecule has 7 heteroatoms. The van der Waals surface area contributed by atoms with Crippen molar-refractivity contribution in [3.63, 3.8) is 0 Å². The summed E-state index contributed by atoms with van der Waals surface area (Å²) in [5.74, 6) is 1.12. The van der Waals surface area contributed by atoms with Crippen LogP contribution in [0.1, 0.15) is 23.0 Å². The van der Waals surface area contributed by atoms with Gasteiger partial charge in [-0.15, -0.1) is 0 Å². The molecule has 0 aliphatic heterocycles. The molecule has 3 aromatic heterocycles. The summed E-state index contributed by atoms with van der Waals surface area (Å²) in [6.45, 7) is 2.50. The molecule has 0 aliphatic carbocycles. The Labute approximate surface area is 132 Å². The highest BCUT2D eigenvalue weighted by Gasteiger charge is 2.14. The number of carbonyl (C=O) groups is 1. The van der Waals surface area contributed by atoms with Gasteiger partial charge in [-0.05, 0) is 31.2 Å². The van der Waals surface area contributed by atoms with Crippen LogP contribution in [0.15, 0.2) is 51.7 Å². The number of carbonyl (C=O) groups excluding carboxylic acids is 1. The maximum atomic E-state index is 12.2. The molecule has 118 valence electrons. The summed E-state index contributed by atoms with van der Waals surface area (Å²) in [5.41, 5.74) is 0.968. The number of pyridine rings is 1. The van der Waals surface area contributed by atoms with Crippen LogP contribution in [0, 0.1) is 0 Å². The van der Waals surface area contributed by atoms with E-state index in [0.29, 0.717) is 35.3 Å². The minimum Gasteiger partial charge on any atom is -0.477 e. The topological polar surface area (TPSA) is 90.4 Å². The molecule has 23 heavy (non-hydrogen) atoms. The SMILES string of the molecule is CCOc1ncccc1C(=O)NCc1cc(-c2ccco2)on1. The second-order valence-corrected chi connectivity index (χ2v) is 4.63. The van der Waals surface area contributed by atoms with Crippen LogP contribution in [0.25, 0.3) is 11.5 Å². The fourth-order valence-electron chi connectivity index (χ4n) is 2.01. The van der Waals surface area contributed by atoms with Gasteiger partial charge < -0.3 is 19.0 Å². The number of hydrogen-bond acceptors (Lipinski definition) is 6. The molecule has 0 spiro atoms. The fourth-order valence-corrected chi connectivity index (χ4v) is 2.01. The van der Waals surface area contributed by atoms with Gasteiger partial charge in [0.2, 0.25) is 11.6 Å². The van der Waals surface area contributed by atoms with Crippen molar-refractivity contribution in [2.75, 3.05) is 6.61 Å². The van der Waals surface area contributed by atoms with Crippen LogP contribution in [0.3, 0.4) is 0 Å². The van der Waals surface area contributed by atoms with E-state index < -0.39 is 0 Å². The van der Waals surface area contributed by atoms with Crippen molar-refractivity contribution in [2.45, 2.75) is 13.5 Å². The van der Waals surface area contributed by atoms with Gasteiger partial charge in [-0.25, -0.2) is 4.98 Å². The number of hydrogen-bond donors (Lipinski definition) is 1. The van der Waals surface area contributed by atoms with Crippen molar-refractivity contribution in [3.05, 3.63) is 54.0 Å². The van der Waals surface area contributed by atoms with Gasteiger partial charge in [0.1, 0.15) is 11.3 Å². The third-order valence-corrected chi connectivity index (χ3v) is 3.05. The van der Waals surface area contributed by atoms with Gasteiger partial charge in [0, 0.05) is 12.3 Å². The fraction of sp³-hybridized carbons (Fsp3) is 0.188. The third-order valence-electron chi connectivity index (χ3n) is 3.05. The molecule has 3 heterocycles. The summed E-state index contributed by atoms with van der Waals surface area (Å²) in [4.78, 5) is 16.3. The highest BCUT2D eigenvalue weighted by Crippen LogP contribution is 2.20. The summed E-state index contributed by atoms with van der Waals surface area (Å²) >= 11 is 0. The molecular formula is C16H15N3O4. The lowest BCUT2D eigenvalue weighted by molar-refractivity contribution is 0.0945. The van der Waals surface area contributed by atoms with E-state index in [9.17, 15) is 4.79 Å². The van der Waals surface area contributed by atoms with Crippen LogP contribution in [0.2, 0.25) is 0 Å². The van der Waals surface area contributed by atoms with Crippen LogP contribution in [0.5, 0.6) is 5.88 Å². The Balaban J connectivity index is 1.65. The normalized spacial score (nSPS) is 10.5. The largest absolute Gasteiger partial charge is 0.477 e. The van der Waals surface area contributed by atoms with Gasteiger partial charge in [-0.1, -0.05) is 5.16 Å². The minimum atomic E-state index is -0.288. The van der Waals surface area contributed by atoms with Crippen molar-refractivity contribution >= 4 is 5.91 Å². The van der Waals surface area contributed by atoms with Crippen LogP contribution < -0.4 is 10.1 Å². The summed E-state index contributed by atoms with van der Waals surface area (Å²) in [5, 5.41) is 6.66. The molecule has 1 N–H and O–H groups in total. The van der Waals surface area contributed by atoms with E-state index >= 15 is 0 Å². The Morgan fingerprint density at radius 3 is 3.00 bits per heavy atom. The molecule has 0 unspecified atom stereocenters. The average Bonchev–Trinajstić information content (AvgIpc) is 3.24. The zero-order chi connectivity index (χ0) is 16.1. The van der Waals surface area contributed by atoms with Gasteiger partial charge in [0.25, 0.3) is 5.91 Å². The lowest BCUT2D eigenvalue weighted by Gasteiger charge is -2.08. The third kappa shape index (κ3) is 3.39. The molecule has 0 saturated carbocycles. The first-order valence-corrected chi connectivity index (χ1v) is 7.13. The van der Waals surface area contributed by atoms with E-state index in [0.717, 1.165) is 0 Å². The molecule has 0 aromatic carbocycles. The molecular weight excluding hydrogens is 298 g/mol. The molecule has 1 amide bonds. The number of ether oxygens (including phenoxy) is 1. The van der Waals surface area contributed by atoms with Crippen molar-refractivity contribution in [2.24, 2.45) is 0 Å². The average molecular weight is 313 g/mol. The van der Waals surface area contributed by atoms with Crippen molar-refractivity contribution in [1.29, 1.82) is 0 Å². The number of furan rings is 1. The summed E-state index contributed by atoms with van der Waals surface area (Å²) in [7, 11) is 0. The predicted octanol–water partition coefficient (Wildman–Crippen LogP) is 2.66. The molecule has 0 radical (unpaired) electrons. The summed E-state index contributed by atoms with van der Waals surface area (Å²) < 4.78 is 15.7. The first-order chi connectivity index (χ1) is 11.3. The minimum absolute atomic E-state index is 0.226. The molecule has 0 fully saturated rings. The van der Waals surface area contributed by atoms with Gasteiger partial charge >= 0.3 is 0 Å². The Bertz CT molecular complexity index is 780. The van der Waals surface area contributed by atoms with E-state index in [1.54, 1.807) is 42.8 Å². The molecule has 7 nitrogen and oxygen atoms in total. The quantitative estimate of drug-likeness (QED) is 0.752. The van der Waals surface area contributed by atoms with Crippen LogP contribution in [0.4, 0.5) is 0 Å². The lowest BCUT2D eigenvalue weighted by Crippen LogP contribution is -2.24. The van der Waals surface area contributed by atoms with Gasteiger partial charge in [-0.3, -0.25) is 4.79 Å². The van der Waals surface area contributed by atoms with E-state index in [4.69, 9.17) is 13.7 Å². The zero-order valence-electron chi connectivity index (χ0n) is 12.5. The smallest absolute Gasteiger partial charge is 0.257 e. The molecule has 0 aliphatic rings. The second-order valence-electron chi connectivity index (χ2n) is 4.63. The first-order valence-electron chi connectivity index (χ1n) is 7.13. The Kier molecular flexibility index (Phi) is 4.37. The van der Waals surface area contributed by atoms with E-state index in [1.807, 2.05) is 6.92 Å². The standard InChI is InChI=1S/C16H15N3O4/c1-2-21-16-12(5-3-7-17-16)15(20)18-10-11-9-14(23-19-11)13-6-4-8-22-13/h3-9H,2,10H2,1H3,(H,18,20). The number of nitrogens with one attached hydrogen (secondary N) is 1. The zero-order valence-corrected chi connectivity index (χ0v) is 12.5. The second kappa shape index (κ2) is 6.78. The molecule has 0 bridgehead atoms. The maximum Gasteiger partial charge on any atom is 0.257 e. The molecule has 0 saturated heterocycles. The number of rotatable bonds is 6. The highest BCUT2D eigenvalue weighted by atomic mass is 16.5. The number of aromatic nitrogens is 2.